The minimum Gasteiger partial charge on any atom is -0.465 e. The van der Waals surface area contributed by atoms with Crippen LogP contribution in [0.5, 0.6) is 0 Å². The van der Waals surface area contributed by atoms with E-state index in [1.54, 1.807) is 13.8 Å². The van der Waals surface area contributed by atoms with Gasteiger partial charge in [0.25, 0.3) is 0 Å². The van der Waals surface area contributed by atoms with E-state index in [4.69, 9.17) is 15.9 Å². The Morgan fingerprint density at radius 2 is 1.72 bits per heavy atom. The van der Waals surface area contributed by atoms with E-state index in [9.17, 15) is 9.59 Å². The number of esters is 2. The quantitative estimate of drug-likeness (QED) is 0.246. The first-order chi connectivity index (χ1) is 15.6. The summed E-state index contributed by atoms with van der Waals surface area (Å²) in [4.78, 5) is 29.9. The van der Waals surface area contributed by atoms with E-state index in [1.807, 2.05) is 36.5 Å². The number of allylic oxidation sites excluding steroid dienone is 2. The van der Waals surface area contributed by atoms with Crippen molar-refractivity contribution in [2.75, 3.05) is 13.2 Å². The molecule has 0 amide bonds. The van der Waals surface area contributed by atoms with Crippen molar-refractivity contribution in [3.05, 3.63) is 47.0 Å². The lowest BCUT2D eigenvalue weighted by atomic mass is 9.81. The Morgan fingerprint density at radius 3 is 2.34 bits per heavy atom. The highest BCUT2D eigenvalue weighted by Gasteiger charge is 2.48. The minimum atomic E-state index is -1.61. The van der Waals surface area contributed by atoms with Gasteiger partial charge in [-0.3, -0.25) is 14.6 Å². The molecule has 1 aliphatic rings. The summed E-state index contributed by atoms with van der Waals surface area (Å²) >= 11 is 0. The molecule has 0 aliphatic heterocycles. The average molecular weight is 434 g/mol. The summed E-state index contributed by atoms with van der Waals surface area (Å²) in [6, 6.07) is 10.1. The first-order valence-electron chi connectivity index (χ1n) is 11.1. The molecule has 5 heteroatoms. The fourth-order valence-electron chi connectivity index (χ4n) is 3.51. The smallest absolute Gasteiger partial charge is 0.325 e. The summed E-state index contributed by atoms with van der Waals surface area (Å²) in [5.74, 6) is 7.26. The van der Waals surface area contributed by atoms with Crippen LogP contribution in [0.25, 0.3) is 0 Å². The molecule has 0 heterocycles. The highest BCUT2D eigenvalue weighted by Crippen LogP contribution is 2.31. The van der Waals surface area contributed by atoms with Crippen molar-refractivity contribution in [1.82, 2.24) is 0 Å². The van der Waals surface area contributed by atoms with Gasteiger partial charge in [-0.15, -0.1) is 12.3 Å². The number of nitrogens with zero attached hydrogens (tertiary/aromatic N) is 1. The Labute approximate surface area is 191 Å². The average Bonchev–Trinajstić information content (AvgIpc) is 2.80. The summed E-state index contributed by atoms with van der Waals surface area (Å²) in [7, 11) is 0. The maximum Gasteiger partial charge on any atom is 0.325 e. The lowest BCUT2D eigenvalue weighted by molar-refractivity contribution is -0.171. The summed E-state index contributed by atoms with van der Waals surface area (Å²) in [6.07, 6.45) is 11.1. The molecule has 1 aromatic rings. The normalized spacial score (nSPS) is 13.8. The van der Waals surface area contributed by atoms with E-state index < -0.39 is 17.4 Å². The molecule has 0 saturated carbocycles. The van der Waals surface area contributed by atoms with Crippen LogP contribution in [0.4, 0.5) is 0 Å². The maximum atomic E-state index is 12.7. The van der Waals surface area contributed by atoms with Gasteiger partial charge < -0.3 is 9.47 Å². The molecule has 5 nitrogen and oxygen atoms in total. The van der Waals surface area contributed by atoms with Gasteiger partial charge in [0, 0.05) is 24.6 Å². The van der Waals surface area contributed by atoms with E-state index >= 15 is 0 Å². The van der Waals surface area contributed by atoms with Gasteiger partial charge in [0.2, 0.25) is 0 Å². The Bertz CT molecular complexity index is 923. The topological polar surface area (TPSA) is 65.0 Å². The van der Waals surface area contributed by atoms with Gasteiger partial charge in [-0.2, -0.15) is 0 Å². The number of hydrogen-bond donors (Lipinski definition) is 0. The standard InChI is InChI=1S/C27H31NO4/c1-4-18-27(25(29)31-5-2,26(30)32-6-3)19-12-17-23-15-10-11-16-24(23)21-28-20-22-13-8-7-9-14-22/h1,7-9,13-14,21H,5-6,10-11,15-16,18-20H2,2-3H3. The second kappa shape index (κ2) is 13.2. The van der Waals surface area contributed by atoms with Crippen molar-refractivity contribution in [1.29, 1.82) is 0 Å². The number of terminal acetylenes is 1. The number of ether oxygens (including phenoxy) is 2. The molecular weight excluding hydrogens is 402 g/mol. The predicted octanol–water partition coefficient (Wildman–Crippen LogP) is 4.66. The van der Waals surface area contributed by atoms with Gasteiger partial charge >= 0.3 is 11.9 Å². The molecule has 168 valence electrons. The van der Waals surface area contributed by atoms with Crippen molar-refractivity contribution in [3.8, 4) is 24.2 Å². The van der Waals surface area contributed by atoms with Crippen LogP contribution in [0.15, 0.2) is 46.5 Å². The second-order valence-corrected chi connectivity index (χ2v) is 7.55. The maximum absolute atomic E-state index is 12.7. The fraction of sp³-hybridized carbons (Fsp3) is 0.444. The molecule has 0 spiro atoms. The van der Waals surface area contributed by atoms with Crippen molar-refractivity contribution >= 4 is 18.2 Å². The Kier molecular flexibility index (Phi) is 10.3. The SMILES string of the molecule is C#CCC(CC#CC1=C(C=NCc2ccccc2)CCCC1)(C(=O)OCC)C(=O)OCC. The molecule has 0 N–H and O–H groups in total. The number of carbonyl (C=O) groups is 2. The number of benzene rings is 1. The van der Waals surface area contributed by atoms with Gasteiger partial charge in [-0.1, -0.05) is 42.2 Å². The third-order valence-electron chi connectivity index (χ3n) is 5.24. The Morgan fingerprint density at radius 1 is 1.06 bits per heavy atom. The van der Waals surface area contributed by atoms with Gasteiger partial charge in [0.1, 0.15) is 0 Å². The number of hydrogen-bond acceptors (Lipinski definition) is 5. The molecule has 0 radical (unpaired) electrons. The van der Waals surface area contributed by atoms with Gasteiger partial charge in [-0.25, -0.2) is 0 Å². The van der Waals surface area contributed by atoms with Crippen molar-refractivity contribution < 1.29 is 19.1 Å². The van der Waals surface area contributed by atoms with Gasteiger partial charge in [0.15, 0.2) is 5.41 Å². The molecule has 0 bridgehead atoms. The summed E-state index contributed by atoms with van der Waals surface area (Å²) in [5, 5.41) is 0. The van der Waals surface area contributed by atoms with E-state index in [-0.39, 0.29) is 26.1 Å². The summed E-state index contributed by atoms with van der Waals surface area (Å²) in [6.45, 7) is 4.27. The second-order valence-electron chi connectivity index (χ2n) is 7.55. The van der Waals surface area contributed by atoms with Crippen molar-refractivity contribution in [2.24, 2.45) is 10.4 Å². The molecule has 0 saturated heterocycles. The van der Waals surface area contributed by atoms with Crippen LogP contribution in [0.3, 0.4) is 0 Å². The van der Waals surface area contributed by atoms with E-state index in [0.717, 1.165) is 42.4 Å². The zero-order valence-electron chi connectivity index (χ0n) is 19.0. The zero-order valence-corrected chi connectivity index (χ0v) is 19.0. The van der Waals surface area contributed by atoms with E-state index in [2.05, 4.69) is 22.8 Å². The zero-order chi connectivity index (χ0) is 23.2. The highest BCUT2D eigenvalue weighted by atomic mass is 16.6. The van der Waals surface area contributed by atoms with Crippen LogP contribution in [-0.4, -0.2) is 31.4 Å². The Balaban J connectivity index is 2.25. The van der Waals surface area contributed by atoms with Crippen LogP contribution in [0, 0.1) is 29.6 Å². The lowest BCUT2D eigenvalue weighted by Gasteiger charge is -2.25. The first kappa shape index (κ1) is 25.0. The third-order valence-corrected chi connectivity index (χ3v) is 5.24. The molecule has 0 unspecified atom stereocenters. The van der Waals surface area contributed by atoms with Gasteiger partial charge in [0.05, 0.1) is 19.8 Å². The fourth-order valence-corrected chi connectivity index (χ4v) is 3.51. The van der Waals surface area contributed by atoms with Crippen molar-refractivity contribution in [2.45, 2.75) is 58.9 Å². The first-order valence-corrected chi connectivity index (χ1v) is 11.1. The highest BCUT2D eigenvalue weighted by molar-refractivity contribution is 6.00. The molecule has 1 aromatic carbocycles. The number of rotatable bonds is 9. The summed E-state index contributed by atoms with van der Waals surface area (Å²) in [5.41, 5.74) is 1.64. The van der Waals surface area contributed by atoms with Crippen LogP contribution < -0.4 is 0 Å². The van der Waals surface area contributed by atoms with E-state index in [1.165, 1.54) is 0 Å². The summed E-state index contributed by atoms with van der Waals surface area (Å²) < 4.78 is 10.3. The van der Waals surface area contributed by atoms with Crippen LogP contribution >= 0.6 is 0 Å². The van der Waals surface area contributed by atoms with E-state index in [0.29, 0.717) is 6.54 Å². The minimum absolute atomic E-state index is 0.0488. The van der Waals surface area contributed by atoms with Crippen LogP contribution in [0.1, 0.15) is 57.9 Å². The third kappa shape index (κ3) is 6.86. The molecule has 2 rings (SSSR count). The Hall–Kier alpha value is -3.31. The molecule has 32 heavy (non-hydrogen) atoms. The molecule has 0 fully saturated rings. The van der Waals surface area contributed by atoms with Crippen molar-refractivity contribution in [3.63, 3.8) is 0 Å². The lowest BCUT2D eigenvalue weighted by Crippen LogP contribution is -2.41. The molecule has 0 atom stereocenters. The largest absolute Gasteiger partial charge is 0.465 e. The predicted molar refractivity (Wildman–Crippen MR) is 126 cm³/mol. The molecular formula is C27H31NO4. The van der Waals surface area contributed by atoms with Crippen LogP contribution in [-0.2, 0) is 25.6 Å². The molecule has 1 aliphatic carbocycles. The van der Waals surface area contributed by atoms with Gasteiger partial charge in [-0.05, 0) is 50.7 Å². The molecule has 0 aromatic heterocycles. The number of carbonyl (C=O) groups excluding carboxylic acids is 2. The number of aliphatic imine (C=N–C) groups is 1. The monoisotopic (exact) mass is 433 g/mol. The van der Waals surface area contributed by atoms with Crippen LogP contribution in [0.2, 0.25) is 0 Å².